The number of benzene rings is 1. The summed E-state index contributed by atoms with van der Waals surface area (Å²) in [6.45, 7) is 3.85. The van der Waals surface area contributed by atoms with Crippen molar-refractivity contribution in [3.63, 3.8) is 0 Å². The highest BCUT2D eigenvalue weighted by Gasteiger charge is 2.21. The van der Waals surface area contributed by atoms with Gasteiger partial charge < -0.3 is 9.73 Å². The van der Waals surface area contributed by atoms with E-state index in [0.717, 1.165) is 19.6 Å². The predicted molar refractivity (Wildman–Crippen MR) is 97.3 cm³/mol. The van der Waals surface area contributed by atoms with Crippen LogP contribution in [0.25, 0.3) is 0 Å². The molecule has 1 N–H and O–H groups in total. The first-order valence-corrected chi connectivity index (χ1v) is 9.64. The summed E-state index contributed by atoms with van der Waals surface area (Å²) in [5, 5.41) is 2.99. The highest BCUT2D eigenvalue weighted by molar-refractivity contribution is 7.98. The van der Waals surface area contributed by atoms with E-state index in [4.69, 9.17) is 4.42 Å². The van der Waals surface area contributed by atoms with Crippen LogP contribution in [0.15, 0.2) is 52.0 Å². The second-order valence-electron chi connectivity index (χ2n) is 6.28. The third-order valence-electron chi connectivity index (χ3n) is 4.44. The Kier molecular flexibility index (Phi) is 5.99. The molecule has 0 spiro atoms. The van der Waals surface area contributed by atoms with E-state index in [2.05, 4.69) is 40.7 Å². The van der Waals surface area contributed by atoms with E-state index in [-0.39, 0.29) is 5.91 Å². The summed E-state index contributed by atoms with van der Waals surface area (Å²) in [5.74, 6) is 0.766. The van der Waals surface area contributed by atoms with E-state index in [0.29, 0.717) is 18.2 Å². The number of likely N-dealkylation sites (tertiary alicyclic amines) is 1. The van der Waals surface area contributed by atoms with Crippen molar-refractivity contribution >= 4 is 17.7 Å². The molecule has 2 heterocycles. The zero-order chi connectivity index (χ0) is 16.8. The number of thioether (sulfide) groups is 1. The van der Waals surface area contributed by atoms with Crippen molar-refractivity contribution < 1.29 is 9.21 Å². The Morgan fingerprint density at radius 3 is 3.08 bits per heavy atom. The molecule has 24 heavy (non-hydrogen) atoms. The summed E-state index contributed by atoms with van der Waals surface area (Å²) in [4.78, 5) is 15.8. The number of amides is 1. The molecule has 0 radical (unpaired) electrons. The predicted octanol–water partition coefficient (Wildman–Crippen LogP) is 3.64. The van der Waals surface area contributed by atoms with Crippen molar-refractivity contribution in [1.29, 1.82) is 0 Å². The van der Waals surface area contributed by atoms with Gasteiger partial charge in [0, 0.05) is 24.5 Å². The minimum absolute atomic E-state index is 0.121. The van der Waals surface area contributed by atoms with Gasteiger partial charge in [-0.15, -0.1) is 11.8 Å². The number of rotatable bonds is 6. The van der Waals surface area contributed by atoms with Gasteiger partial charge in [-0.3, -0.25) is 9.69 Å². The molecule has 0 bridgehead atoms. The molecular formula is C19H24N2O2S. The average molecular weight is 344 g/mol. The highest BCUT2D eigenvalue weighted by Crippen LogP contribution is 2.21. The highest BCUT2D eigenvalue weighted by atomic mass is 32.2. The minimum Gasteiger partial charge on any atom is -0.459 e. The van der Waals surface area contributed by atoms with Crippen molar-refractivity contribution in [2.24, 2.45) is 5.92 Å². The van der Waals surface area contributed by atoms with Crippen LogP contribution in [0.5, 0.6) is 0 Å². The van der Waals surface area contributed by atoms with E-state index in [9.17, 15) is 4.79 Å². The Bertz CT molecular complexity index is 657. The summed E-state index contributed by atoms with van der Waals surface area (Å²) < 4.78 is 5.13. The van der Waals surface area contributed by atoms with E-state index >= 15 is 0 Å². The number of carbonyl (C=O) groups is 1. The van der Waals surface area contributed by atoms with Gasteiger partial charge in [0.25, 0.3) is 5.91 Å². The van der Waals surface area contributed by atoms with E-state index in [1.165, 1.54) is 29.6 Å². The van der Waals surface area contributed by atoms with E-state index in [1.807, 2.05) is 0 Å². The molecule has 1 saturated heterocycles. The first-order chi connectivity index (χ1) is 11.7. The number of hydrogen-bond donors (Lipinski definition) is 1. The summed E-state index contributed by atoms with van der Waals surface area (Å²) >= 11 is 1.78. The lowest BCUT2D eigenvalue weighted by Gasteiger charge is -2.32. The van der Waals surface area contributed by atoms with Gasteiger partial charge in [-0.1, -0.05) is 12.1 Å². The lowest BCUT2D eigenvalue weighted by Crippen LogP contribution is -2.40. The maximum absolute atomic E-state index is 12.0. The van der Waals surface area contributed by atoms with Crippen LogP contribution < -0.4 is 5.32 Å². The SMILES string of the molecule is CSc1cccc(CN2CCC[C@H](CNC(=O)c3ccco3)C2)c1. The Morgan fingerprint density at radius 2 is 2.29 bits per heavy atom. The lowest BCUT2D eigenvalue weighted by molar-refractivity contribution is 0.0903. The van der Waals surface area contributed by atoms with Gasteiger partial charge in [0.2, 0.25) is 0 Å². The van der Waals surface area contributed by atoms with Crippen molar-refractivity contribution in [2.75, 3.05) is 25.9 Å². The topological polar surface area (TPSA) is 45.5 Å². The molecule has 0 saturated carbocycles. The van der Waals surface area contributed by atoms with E-state index in [1.54, 1.807) is 23.9 Å². The molecule has 0 unspecified atom stereocenters. The minimum atomic E-state index is -0.121. The van der Waals surface area contributed by atoms with Crippen molar-refractivity contribution in [1.82, 2.24) is 10.2 Å². The Labute approximate surface area is 147 Å². The van der Waals surface area contributed by atoms with Crippen LogP contribution in [0.1, 0.15) is 29.0 Å². The van der Waals surface area contributed by atoms with Crippen molar-refractivity contribution in [3.8, 4) is 0 Å². The summed E-state index contributed by atoms with van der Waals surface area (Å²) in [6.07, 6.45) is 5.99. The zero-order valence-corrected chi connectivity index (χ0v) is 14.8. The second kappa shape index (κ2) is 8.40. The number of piperidine rings is 1. The maximum Gasteiger partial charge on any atom is 0.286 e. The standard InChI is InChI=1S/C19H24N2O2S/c1-24-17-7-2-5-15(11-17)13-21-9-3-6-16(14-21)12-20-19(22)18-8-4-10-23-18/h2,4-5,7-8,10-11,16H,3,6,9,12-14H2,1H3,(H,20,22)/t16-/m1/s1. The number of nitrogens with one attached hydrogen (secondary N) is 1. The largest absolute Gasteiger partial charge is 0.459 e. The fraction of sp³-hybridized carbons (Fsp3) is 0.421. The molecule has 1 aromatic heterocycles. The van der Waals surface area contributed by atoms with Gasteiger partial charge in [-0.05, 0) is 61.4 Å². The Hall–Kier alpha value is -1.72. The van der Waals surface area contributed by atoms with Gasteiger partial charge in [0.05, 0.1) is 6.26 Å². The molecule has 1 amide bonds. The molecule has 0 aliphatic carbocycles. The molecule has 3 rings (SSSR count). The average Bonchev–Trinajstić information content (AvgIpc) is 3.15. The molecule has 1 aliphatic heterocycles. The second-order valence-corrected chi connectivity index (χ2v) is 7.16. The zero-order valence-electron chi connectivity index (χ0n) is 14.0. The fourth-order valence-electron chi connectivity index (χ4n) is 3.22. The van der Waals surface area contributed by atoms with Gasteiger partial charge in [-0.25, -0.2) is 0 Å². The first kappa shape index (κ1) is 17.1. The number of hydrogen-bond acceptors (Lipinski definition) is 4. The van der Waals surface area contributed by atoms with Gasteiger partial charge in [-0.2, -0.15) is 0 Å². The van der Waals surface area contributed by atoms with Gasteiger partial charge in [0.1, 0.15) is 0 Å². The fourth-order valence-corrected chi connectivity index (χ4v) is 3.71. The van der Waals surface area contributed by atoms with Crippen LogP contribution in [0, 0.1) is 5.92 Å². The van der Waals surface area contributed by atoms with Crippen LogP contribution in [-0.2, 0) is 6.54 Å². The maximum atomic E-state index is 12.0. The molecule has 4 nitrogen and oxygen atoms in total. The summed E-state index contributed by atoms with van der Waals surface area (Å²) in [6, 6.07) is 12.2. The molecule has 1 aromatic carbocycles. The summed E-state index contributed by atoms with van der Waals surface area (Å²) in [5.41, 5.74) is 1.36. The molecule has 1 fully saturated rings. The van der Waals surface area contributed by atoms with Crippen molar-refractivity contribution in [2.45, 2.75) is 24.3 Å². The van der Waals surface area contributed by atoms with E-state index < -0.39 is 0 Å². The van der Waals surface area contributed by atoms with Crippen LogP contribution in [0.4, 0.5) is 0 Å². The third-order valence-corrected chi connectivity index (χ3v) is 5.17. The monoisotopic (exact) mass is 344 g/mol. The number of nitrogens with zero attached hydrogens (tertiary/aromatic N) is 1. The summed E-state index contributed by atoms with van der Waals surface area (Å²) in [7, 11) is 0. The first-order valence-electron chi connectivity index (χ1n) is 8.41. The molecule has 2 aromatic rings. The van der Waals surface area contributed by atoms with Crippen molar-refractivity contribution in [3.05, 3.63) is 54.0 Å². The van der Waals surface area contributed by atoms with Crippen LogP contribution >= 0.6 is 11.8 Å². The molecule has 128 valence electrons. The van der Waals surface area contributed by atoms with Crippen LogP contribution in [-0.4, -0.2) is 36.7 Å². The quantitative estimate of drug-likeness (QED) is 0.813. The normalized spacial score (nSPS) is 18.5. The lowest BCUT2D eigenvalue weighted by atomic mass is 9.97. The Balaban J connectivity index is 1.49. The number of carbonyl (C=O) groups excluding carboxylic acids is 1. The third kappa shape index (κ3) is 4.65. The van der Waals surface area contributed by atoms with Crippen LogP contribution in [0.2, 0.25) is 0 Å². The van der Waals surface area contributed by atoms with Crippen LogP contribution in [0.3, 0.4) is 0 Å². The van der Waals surface area contributed by atoms with Gasteiger partial charge in [0.15, 0.2) is 5.76 Å². The molecule has 5 heteroatoms. The molecule has 1 atom stereocenters. The molecule has 1 aliphatic rings. The van der Waals surface area contributed by atoms with Gasteiger partial charge >= 0.3 is 0 Å². The Morgan fingerprint density at radius 1 is 1.38 bits per heavy atom. The molecular weight excluding hydrogens is 320 g/mol. The smallest absolute Gasteiger partial charge is 0.286 e. The number of furan rings is 1.